The predicted octanol–water partition coefficient (Wildman–Crippen LogP) is 4.49. The first-order chi connectivity index (χ1) is 15.2. The number of amides is 1. The number of hydrogen-bond acceptors (Lipinski definition) is 3. The summed E-state index contributed by atoms with van der Waals surface area (Å²) in [4.78, 5) is 14.7. The smallest absolute Gasteiger partial charge is 0.226 e. The van der Waals surface area contributed by atoms with Gasteiger partial charge in [-0.3, -0.25) is 9.80 Å². The number of piperidine rings is 1. The standard InChI is InChI=1S/C26H30N4O/c1-28-24(9-13-27-28)22-7-8-25-23(18-22)12-16-30(25)19-21-10-14-29(15-11-21)26(31)17-20-5-3-2-4-6-20/h2-8,12-13,16,18,21,24H,9-11,14-15,17,19H2,1H3. The number of nitrogens with zero attached hydrogens (tertiary/aromatic N) is 4. The number of likely N-dealkylation sites (tertiary alicyclic amines) is 1. The van der Waals surface area contributed by atoms with E-state index in [2.05, 4.69) is 40.1 Å². The topological polar surface area (TPSA) is 40.8 Å². The van der Waals surface area contributed by atoms with Crippen LogP contribution in [0.3, 0.4) is 0 Å². The lowest BCUT2D eigenvalue weighted by Crippen LogP contribution is -2.40. The molecule has 1 fully saturated rings. The van der Waals surface area contributed by atoms with Crippen LogP contribution in [-0.2, 0) is 17.8 Å². The van der Waals surface area contributed by atoms with Crippen LogP contribution in [0.1, 0.15) is 36.4 Å². The number of benzene rings is 2. The van der Waals surface area contributed by atoms with E-state index in [4.69, 9.17) is 0 Å². The van der Waals surface area contributed by atoms with Crippen molar-refractivity contribution in [3.63, 3.8) is 0 Å². The second-order valence-corrected chi connectivity index (χ2v) is 8.90. The van der Waals surface area contributed by atoms with Gasteiger partial charge in [-0.05, 0) is 53.5 Å². The summed E-state index contributed by atoms with van der Waals surface area (Å²) in [5.41, 5.74) is 3.73. The molecular formula is C26H30N4O. The van der Waals surface area contributed by atoms with Crippen LogP contribution in [0.25, 0.3) is 10.9 Å². The minimum atomic E-state index is 0.254. The summed E-state index contributed by atoms with van der Waals surface area (Å²) < 4.78 is 2.39. The van der Waals surface area contributed by atoms with Gasteiger partial charge in [-0.1, -0.05) is 36.4 Å². The first-order valence-corrected chi connectivity index (χ1v) is 11.3. The Morgan fingerprint density at radius 2 is 1.87 bits per heavy atom. The molecule has 0 N–H and O–H groups in total. The van der Waals surface area contributed by atoms with Crippen LogP contribution in [-0.4, -0.2) is 46.7 Å². The molecule has 1 saturated heterocycles. The van der Waals surface area contributed by atoms with Gasteiger partial charge >= 0.3 is 0 Å². The average Bonchev–Trinajstić information content (AvgIpc) is 3.40. The van der Waals surface area contributed by atoms with Crippen molar-refractivity contribution in [3.8, 4) is 0 Å². The molecular weight excluding hydrogens is 384 g/mol. The van der Waals surface area contributed by atoms with E-state index in [0.29, 0.717) is 18.4 Å². The fourth-order valence-corrected chi connectivity index (χ4v) is 4.97. The molecule has 3 heterocycles. The van der Waals surface area contributed by atoms with E-state index < -0.39 is 0 Å². The molecule has 0 bridgehead atoms. The Morgan fingerprint density at radius 1 is 1.06 bits per heavy atom. The van der Waals surface area contributed by atoms with Crippen LogP contribution in [0.4, 0.5) is 0 Å². The summed E-state index contributed by atoms with van der Waals surface area (Å²) in [6, 6.07) is 19.5. The third kappa shape index (κ3) is 4.22. The Hall–Kier alpha value is -3.08. The van der Waals surface area contributed by atoms with E-state index >= 15 is 0 Å². The van der Waals surface area contributed by atoms with Crippen molar-refractivity contribution in [2.75, 3.05) is 20.1 Å². The largest absolute Gasteiger partial charge is 0.347 e. The number of rotatable bonds is 5. The van der Waals surface area contributed by atoms with Gasteiger partial charge in [-0.15, -0.1) is 0 Å². The molecule has 1 unspecified atom stereocenters. The first-order valence-electron chi connectivity index (χ1n) is 11.3. The second kappa shape index (κ2) is 8.58. The van der Waals surface area contributed by atoms with Gasteiger partial charge < -0.3 is 9.47 Å². The molecule has 2 aliphatic heterocycles. The zero-order valence-corrected chi connectivity index (χ0v) is 18.2. The Kier molecular flexibility index (Phi) is 5.49. The summed E-state index contributed by atoms with van der Waals surface area (Å²) >= 11 is 0. The molecule has 31 heavy (non-hydrogen) atoms. The van der Waals surface area contributed by atoms with E-state index in [1.165, 1.54) is 16.5 Å². The average molecular weight is 415 g/mol. The monoisotopic (exact) mass is 414 g/mol. The summed E-state index contributed by atoms with van der Waals surface area (Å²) in [6.07, 6.45) is 7.85. The molecule has 5 heteroatoms. The van der Waals surface area contributed by atoms with Gasteiger partial charge in [-0.25, -0.2) is 0 Å². The van der Waals surface area contributed by atoms with Crippen molar-refractivity contribution in [1.29, 1.82) is 0 Å². The van der Waals surface area contributed by atoms with Crippen molar-refractivity contribution in [3.05, 3.63) is 71.9 Å². The lowest BCUT2D eigenvalue weighted by molar-refractivity contribution is -0.131. The van der Waals surface area contributed by atoms with E-state index in [9.17, 15) is 4.79 Å². The number of carbonyl (C=O) groups is 1. The minimum absolute atomic E-state index is 0.254. The molecule has 0 saturated carbocycles. The third-order valence-corrected chi connectivity index (χ3v) is 6.84. The maximum absolute atomic E-state index is 12.6. The maximum atomic E-state index is 12.6. The van der Waals surface area contributed by atoms with Crippen molar-refractivity contribution in [2.45, 2.75) is 38.3 Å². The van der Waals surface area contributed by atoms with Crippen molar-refractivity contribution in [1.82, 2.24) is 14.5 Å². The van der Waals surface area contributed by atoms with Crippen LogP contribution in [0.5, 0.6) is 0 Å². The van der Waals surface area contributed by atoms with Gasteiger partial charge in [0.1, 0.15) is 0 Å². The summed E-state index contributed by atoms with van der Waals surface area (Å²) in [6.45, 7) is 2.76. The zero-order chi connectivity index (χ0) is 21.2. The van der Waals surface area contributed by atoms with Crippen LogP contribution in [0, 0.1) is 5.92 Å². The summed E-state index contributed by atoms with van der Waals surface area (Å²) in [5.74, 6) is 0.870. The maximum Gasteiger partial charge on any atom is 0.226 e. The molecule has 3 aromatic rings. The zero-order valence-electron chi connectivity index (χ0n) is 18.2. The van der Waals surface area contributed by atoms with E-state index in [0.717, 1.165) is 44.5 Å². The third-order valence-electron chi connectivity index (χ3n) is 6.84. The highest BCUT2D eigenvalue weighted by Crippen LogP contribution is 2.30. The van der Waals surface area contributed by atoms with E-state index in [1.807, 2.05) is 53.5 Å². The van der Waals surface area contributed by atoms with Gasteiger partial charge in [0.15, 0.2) is 0 Å². The molecule has 1 amide bonds. The molecule has 1 atom stereocenters. The molecule has 5 nitrogen and oxygen atoms in total. The van der Waals surface area contributed by atoms with Gasteiger partial charge in [0.2, 0.25) is 5.91 Å². The number of hydrogen-bond donors (Lipinski definition) is 0. The first kappa shape index (κ1) is 19.9. The molecule has 0 aliphatic carbocycles. The number of fused-ring (bicyclic) bond motifs is 1. The highest BCUT2D eigenvalue weighted by Gasteiger charge is 2.24. The Bertz CT molecular complexity index is 1080. The molecule has 5 rings (SSSR count). The highest BCUT2D eigenvalue weighted by molar-refractivity contribution is 5.81. The molecule has 160 valence electrons. The van der Waals surface area contributed by atoms with Crippen LogP contribution < -0.4 is 0 Å². The molecule has 1 aromatic heterocycles. The summed E-state index contributed by atoms with van der Waals surface area (Å²) in [5, 5.41) is 7.72. The predicted molar refractivity (Wildman–Crippen MR) is 125 cm³/mol. The molecule has 2 aliphatic rings. The lowest BCUT2D eigenvalue weighted by atomic mass is 9.96. The fourth-order valence-electron chi connectivity index (χ4n) is 4.97. The number of carbonyl (C=O) groups excluding carboxylic acids is 1. The Balaban J connectivity index is 1.19. The van der Waals surface area contributed by atoms with Gasteiger partial charge in [0.25, 0.3) is 0 Å². The van der Waals surface area contributed by atoms with Crippen LogP contribution in [0.15, 0.2) is 65.9 Å². The Labute approximate surface area is 184 Å². The summed E-state index contributed by atoms with van der Waals surface area (Å²) in [7, 11) is 2.04. The van der Waals surface area contributed by atoms with Crippen molar-refractivity contribution >= 4 is 23.0 Å². The molecule has 0 spiro atoms. The van der Waals surface area contributed by atoms with Crippen LogP contribution in [0.2, 0.25) is 0 Å². The Morgan fingerprint density at radius 3 is 2.61 bits per heavy atom. The van der Waals surface area contributed by atoms with Gasteiger partial charge in [0, 0.05) is 51.0 Å². The number of aromatic nitrogens is 1. The van der Waals surface area contributed by atoms with Gasteiger partial charge in [-0.2, -0.15) is 5.10 Å². The fraction of sp³-hybridized carbons (Fsp3) is 0.385. The number of hydrazone groups is 1. The SMILES string of the molecule is CN1N=CCC1c1ccc2c(ccn2CC2CCN(C(=O)Cc3ccccc3)CC2)c1. The van der Waals surface area contributed by atoms with Crippen molar-refractivity contribution in [2.24, 2.45) is 11.0 Å². The van der Waals surface area contributed by atoms with Gasteiger partial charge in [0.05, 0.1) is 12.5 Å². The minimum Gasteiger partial charge on any atom is -0.347 e. The lowest BCUT2D eigenvalue weighted by Gasteiger charge is -2.32. The van der Waals surface area contributed by atoms with Crippen LogP contribution >= 0.6 is 0 Å². The molecule has 0 radical (unpaired) electrons. The normalized spacial score (nSPS) is 19.5. The quantitative estimate of drug-likeness (QED) is 0.617. The van der Waals surface area contributed by atoms with Crippen molar-refractivity contribution < 1.29 is 4.79 Å². The molecule has 2 aromatic carbocycles. The van der Waals surface area contributed by atoms with E-state index in [1.54, 1.807) is 0 Å². The van der Waals surface area contributed by atoms with E-state index in [-0.39, 0.29) is 5.91 Å². The second-order valence-electron chi connectivity index (χ2n) is 8.90. The highest BCUT2D eigenvalue weighted by atomic mass is 16.2.